The van der Waals surface area contributed by atoms with Crippen LogP contribution in [-0.2, 0) is 6.54 Å². The predicted molar refractivity (Wildman–Crippen MR) is 111 cm³/mol. The van der Waals surface area contributed by atoms with E-state index in [0.29, 0.717) is 17.2 Å². The molecular weight excluding hydrogens is 409 g/mol. The third kappa shape index (κ3) is 4.42. The second-order valence-electron chi connectivity index (χ2n) is 6.36. The van der Waals surface area contributed by atoms with Gasteiger partial charge in [-0.25, -0.2) is 9.18 Å². The van der Waals surface area contributed by atoms with Crippen molar-refractivity contribution in [1.82, 2.24) is 9.55 Å². The molecule has 0 bridgehead atoms. The van der Waals surface area contributed by atoms with Crippen molar-refractivity contribution in [3.05, 3.63) is 80.4 Å². The van der Waals surface area contributed by atoms with Gasteiger partial charge in [-0.3, -0.25) is 14.2 Å². The first-order valence-electron chi connectivity index (χ1n) is 9.06. The van der Waals surface area contributed by atoms with E-state index in [4.69, 9.17) is 14.2 Å². The van der Waals surface area contributed by atoms with Crippen LogP contribution in [0.5, 0.6) is 17.2 Å². The van der Waals surface area contributed by atoms with Crippen molar-refractivity contribution in [2.24, 2.45) is 0 Å². The Hall–Kier alpha value is -4.08. The van der Waals surface area contributed by atoms with Gasteiger partial charge in [0.1, 0.15) is 11.4 Å². The van der Waals surface area contributed by atoms with Crippen LogP contribution in [0.1, 0.15) is 15.9 Å². The van der Waals surface area contributed by atoms with Crippen LogP contribution in [-0.4, -0.2) is 36.8 Å². The van der Waals surface area contributed by atoms with E-state index < -0.39 is 23.0 Å². The van der Waals surface area contributed by atoms with Crippen LogP contribution in [0.4, 0.5) is 10.1 Å². The molecule has 10 heteroatoms. The Morgan fingerprint density at radius 3 is 2.29 bits per heavy atom. The number of nitrogens with zero attached hydrogens (tertiary/aromatic N) is 1. The summed E-state index contributed by atoms with van der Waals surface area (Å²) in [5, 5.41) is 2.56. The average Bonchev–Trinajstić information content (AvgIpc) is 2.76. The standard InChI is InChI=1S/C21H20FN3O6/c1-29-16-8-13(9-17(30-2)18(16)31-3)24-19(26)14-10-23-21(28)25(20(14)27)11-12-6-4-5-7-15(12)22/h4-10H,11H2,1-3H3,(H,23,28)(H,24,26). The molecule has 1 heterocycles. The fraction of sp³-hybridized carbons (Fsp3) is 0.190. The van der Waals surface area contributed by atoms with Gasteiger partial charge in [-0.1, -0.05) is 18.2 Å². The Labute approximate surface area is 176 Å². The van der Waals surface area contributed by atoms with Crippen molar-refractivity contribution in [1.29, 1.82) is 0 Å². The molecule has 1 aromatic heterocycles. The summed E-state index contributed by atoms with van der Waals surface area (Å²) in [5.74, 6) is -0.413. The van der Waals surface area contributed by atoms with Gasteiger partial charge in [0.15, 0.2) is 11.5 Å². The van der Waals surface area contributed by atoms with Crippen LogP contribution in [0.25, 0.3) is 0 Å². The molecule has 0 aliphatic rings. The summed E-state index contributed by atoms with van der Waals surface area (Å²) in [6.45, 7) is -0.327. The van der Waals surface area contributed by atoms with Crippen LogP contribution in [0.15, 0.2) is 52.2 Å². The first-order valence-corrected chi connectivity index (χ1v) is 9.06. The molecule has 9 nitrogen and oxygen atoms in total. The van der Waals surface area contributed by atoms with E-state index in [1.165, 1.54) is 51.7 Å². The van der Waals surface area contributed by atoms with E-state index in [1.807, 2.05) is 0 Å². The lowest BCUT2D eigenvalue weighted by molar-refractivity contribution is 0.102. The number of methoxy groups -OCH3 is 3. The highest BCUT2D eigenvalue weighted by atomic mass is 19.1. The van der Waals surface area contributed by atoms with E-state index in [2.05, 4.69) is 10.3 Å². The highest BCUT2D eigenvalue weighted by Gasteiger charge is 2.19. The second kappa shape index (κ2) is 9.16. The van der Waals surface area contributed by atoms with Crippen molar-refractivity contribution in [2.45, 2.75) is 6.54 Å². The van der Waals surface area contributed by atoms with E-state index in [0.717, 1.165) is 10.8 Å². The number of ether oxygens (including phenoxy) is 3. The molecule has 0 unspecified atom stereocenters. The number of halogens is 1. The van der Waals surface area contributed by atoms with Crippen molar-refractivity contribution >= 4 is 11.6 Å². The molecule has 0 aliphatic carbocycles. The quantitative estimate of drug-likeness (QED) is 0.594. The van der Waals surface area contributed by atoms with Gasteiger partial charge in [0.25, 0.3) is 11.5 Å². The minimum atomic E-state index is -0.864. The van der Waals surface area contributed by atoms with Crippen LogP contribution in [0.2, 0.25) is 0 Å². The third-order valence-corrected chi connectivity index (χ3v) is 4.51. The number of aromatic amines is 1. The van der Waals surface area contributed by atoms with Gasteiger partial charge in [-0.2, -0.15) is 0 Å². The number of anilines is 1. The van der Waals surface area contributed by atoms with E-state index >= 15 is 0 Å². The second-order valence-corrected chi connectivity index (χ2v) is 6.36. The lowest BCUT2D eigenvalue weighted by atomic mass is 10.2. The molecule has 3 aromatic rings. The van der Waals surface area contributed by atoms with Gasteiger partial charge in [0, 0.05) is 29.6 Å². The van der Waals surface area contributed by atoms with Gasteiger partial charge in [-0.05, 0) is 6.07 Å². The molecule has 162 valence electrons. The number of nitrogens with one attached hydrogen (secondary N) is 2. The Balaban J connectivity index is 1.95. The Morgan fingerprint density at radius 2 is 1.71 bits per heavy atom. The number of carbonyl (C=O) groups excluding carboxylic acids is 1. The minimum absolute atomic E-state index is 0.136. The largest absolute Gasteiger partial charge is 0.493 e. The number of benzene rings is 2. The highest BCUT2D eigenvalue weighted by molar-refractivity contribution is 6.04. The number of amides is 1. The summed E-state index contributed by atoms with van der Waals surface area (Å²) in [6, 6.07) is 8.72. The molecule has 0 atom stereocenters. The molecule has 1 amide bonds. The molecule has 0 radical (unpaired) electrons. The third-order valence-electron chi connectivity index (χ3n) is 4.51. The van der Waals surface area contributed by atoms with Gasteiger partial charge < -0.3 is 24.5 Å². The van der Waals surface area contributed by atoms with Gasteiger partial charge in [-0.15, -0.1) is 0 Å². The molecule has 0 fully saturated rings. The molecule has 0 saturated heterocycles. The highest BCUT2D eigenvalue weighted by Crippen LogP contribution is 2.39. The number of hydrogen-bond acceptors (Lipinski definition) is 6. The van der Waals surface area contributed by atoms with E-state index in [-0.39, 0.29) is 23.4 Å². The maximum Gasteiger partial charge on any atom is 0.328 e. The van der Waals surface area contributed by atoms with Crippen molar-refractivity contribution < 1.29 is 23.4 Å². The molecule has 0 aliphatic heterocycles. The predicted octanol–water partition coefficient (Wildman–Crippen LogP) is 2.00. The lowest BCUT2D eigenvalue weighted by Gasteiger charge is -2.14. The topological polar surface area (TPSA) is 112 Å². The molecule has 31 heavy (non-hydrogen) atoms. The SMILES string of the molecule is COc1cc(NC(=O)c2c[nH]c(=O)n(Cc3ccccc3F)c2=O)cc(OC)c1OC. The number of H-pyrrole nitrogens is 1. The number of rotatable bonds is 7. The summed E-state index contributed by atoms with van der Waals surface area (Å²) >= 11 is 0. The fourth-order valence-corrected chi connectivity index (χ4v) is 2.97. The minimum Gasteiger partial charge on any atom is -0.493 e. The Bertz CT molecular complexity index is 1210. The smallest absolute Gasteiger partial charge is 0.328 e. The van der Waals surface area contributed by atoms with Crippen LogP contribution >= 0.6 is 0 Å². The molecular formula is C21H20FN3O6. The van der Waals surface area contributed by atoms with Gasteiger partial charge in [0.2, 0.25) is 5.75 Å². The van der Waals surface area contributed by atoms with Crippen molar-refractivity contribution in [3.8, 4) is 17.2 Å². The molecule has 0 spiro atoms. The summed E-state index contributed by atoms with van der Waals surface area (Å²) in [6.07, 6.45) is 1.01. The summed E-state index contributed by atoms with van der Waals surface area (Å²) < 4.78 is 30.4. The maximum atomic E-state index is 13.9. The monoisotopic (exact) mass is 429 g/mol. The summed E-state index contributed by atoms with van der Waals surface area (Å²) in [4.78, 5) is 40.0. The lowest BCUT2D eigenvalue weighted by Crippen LogP contribution is -2.39. The first kappa shape index (κ1) is 21.6. The van der Waals surface area contributed by atoms with E-state index in [1.54, 1.807) is 6.07 Å². The summed E-state index contributed by atoms with van der Waals surface area (Å²) in [5.41, 5.74) is -1.55. The maximum absolute atomic E-state index is 13.9. The van der Waals surface area contributed by atoms with Crippen LogP contribution < -0.4 is 30.8 Å². The Morgan fingerprint density at radius 1 is 1.06 bits per heavy atom. The zero-order valence-electron chi connectivity index (χ0n) is 17.0. The molecule has 3 rings (SSSR count). The van der Waals surface area contributed by atoms with Crippen molar-refractivity contribution in [3.63, 3.8) is 0 Å². The molecule has 2 N–H and O–H groups in total. The number of aromatic nitrogens is 2. The first-order chi connectivity index (χ1) is 14.9. The molecule has 2 aromatic carbocycles. The Kier molecular flexibility index (Phi) is 6.39. The number of carbonyl (C=O) groups is 1. The fourth-order valence-electron chi connectivity index (χ4n) is 2.97. The number of hydrogen-bond donors (Lipinski definition) is 2. The van der Waals surface area contributed by atoms with Crippen molar-refractivity contribution in [2.75, 3.05) is 26.6 Å². The van der Waals surface area contributed by atoms with Crippen LogP contribution in [0.3, 0.4) is 0 Å². The zero-order valence-corrected chi connectivity index (χ0v) is 17.0. The molecule has 0 saturated carbocycles. The van der Waals surface area contributed by atoms with Gasteiger partial charge >= 0.3 is 5.69 Å². The van der Waals surface area contributed by atoms with Crippen LogP contribution in [0, 0.1) is 5.82 Å². The summed E-state index contributed by atoms with van der Waals surface area (Å²) in [7, 11) is 4.29. The normalized spacial score (nSPS) is 10.5. The average molecular weight is 429 g/mol. The van der Waals surface area contributed by atoms with Gasteiger partial charge in [0.05, 0.1) is 27.9 Å². The van der Waals surface area contributed by atoms with E-state index in [9.17, 15) is 18.8 Å². The zero-order chi connectivity index (χ0) is 22.5.